The molecule has 448 valence electrons. The van der Waals surface area contributed by atoms with Crippen molar-refractivity contribution in [3.05, 3.63) is 109 Å². The molecular weight excluding hydrogens is 957 g/mol. The summed E-state index contributed by atoms with van der Waals surface area (Å²) in [5.41, 5.74) is 0. The van der Waals surface area contributed by atoms with Gasteiger partial charge in [0.25, 0.3) is 0 Å². The molecule has 1 unspecified atom stereocenters. The highest BCUT2D eigenvalue weighted by molar-refractivity contribution is 5.70. The Kier molecular flexibility index (Phi) is 64.8. The van der Waals surface area contributed by atoms with Crippen LogP contribution in [0.3, 0.4) is 0 Å². The Bertz CT molecular complexity index is 1510. The molecule has 5 nitrogen and oxygen atoms in total. The van der Waals surface area contributed by atoms with E-state index < -0.39 is 6.10 Å². The van der Waals surface area contributed by atoms with Crippen molar-refractivity contribution in [3.8, 4) is 0 Å². The molecule has 0 rings (SSSR count). The summed E-state index contributed by atoms with van der Waals surface area (Å²) in [5, 5.41) is 9.69. The number of aliphatic hydroxyl groups excluding tert-OH is 1. The Labute approximate surface area is 484 Å². The fourth-order valence-corrected chi connectivity index (χ4v) is 9.57. The summed E-state index contributed by atoms with van der Waals surface area (Å²) in [5.74, 6) is -0.593. The Morgan fingerprint density at radius 2 is 0.551 bits per heavy atom. The molecule has 1 N–H and O–H groups in total. The first-order valence-corrected chi connectivity index (χ1v) is 33.4. The summed E-state index contributed by atoms with van der Waals surface area (Å²) in [4.78, 5) is 24.6. The maximum absolute atomic E-state index is 12.4. The highest BCUT2D eigenvalue weighted by atomic mass is 16.6. The second-order valence-electron chi connectivity index (χ2n) is 22.2. The lowest BCUT2D eigenvalue weighted by Gasteiger charge is -2.15. The molecule has 0 heterocycles. The van der Waals surface area contributed by atoms with Gasteiger partial charge in [0, 0.05) is 12.8 Å². The molecule has 0 saturated heterocycles. The Morgan fingerprint density at radius 1 is 0.308 bits per heavy atom. The van der Waals surface area contributed by atoms with Crippen LogP contribution in [0.2, 0.25) is 0 Å². The van der Waals surface area contributed by atoms with E-state index in [1.54, 1.807) is 0 Å². The molecule has 1 atom stereocenters. The van der Waals surface area contributed by atoms with Crippen LogP contribution in [0.25, 0.3) is 0 Å². The predicted octanol–water partition coefficient (Wildman–Crippen LogP) is 23.2. The summed E-state index contributed by atoms with van der Waals surface area (Å²) in [6.07, 6.45) is 98.1. The van der Waals surface area contributed by atoms with Crippen molar-refractivity contribution < 1.29 is 24.2 Å². The number of esters is 2. The summed E-state index contributed by atoms with van der Waals surface area (Å²) < 4.78 is 10.7. The van der Waals surface area contributed by atoms with E-state index in [0.29, 0.717) is 12.8 Å². The van der Waals surface area contributed by atoms with E-state index in [9.17, 15) is 14.7 Å². The van der Waals surface area contributed by atoms with Gasteiger partial charge in [-0.05, 0) is 103 Å². The molecule has 0 aromatic heterocycles. The molecule has 0 amide bonds. The lowest BCUT2D eigenvalue weighted by Crippen LogP contribution is -2.28. The zero-order valence-corrected chi connectivity index (χ0v) is 51.4. The fraction of sp³-hybridized carbons (Fsp3) is 0.726. The molecule has 0 fully saturated rings. The molecule has 5 heteroatoms. The third-order valence-corrected chi connectivity index (χ3v) is 14.6. The Hall–Kier alpha value is -3.44. The number of carbonyl (C=O) groups excluding carboxylic acids is 2. The van der Waals surface area contributed by atoms with E-state index >= 15 is 0 Å². The molecule has 0 aliphatic carbocycles. The van der Waals surface area contributed by atoms with Crippen LogP contribution in [0.1, 0.15) is 322 Å². The van der Waals surface area contributed by atoms with Crippen LogP contribution in [-0.4, -0.2) is 36.4 Å². The number of hydrogen-bond donors (Lipinski definition) is 1. The van der Waals surface area contributed by atoms with Gasteiger partial charge in [-0.25, -0.2) is 0 Å². The van der Waals surface area contributed by atoms with Gasteiger partial charge in [-0.3, -0.25) is 9.59 Å². The third kappa shape index (κ3) is 65.1. The van der Waals surface area contributed by atoms with Gasteiger partial charge in [-0.15, -0.1) is 0 Å². The summed E-state index contributed by atoms with van der Waals surface area (Å²) >= 11 is 0. The van der Waals surface area contributed by atoms with Crippen molar-refractivity contribution in [2.75, 3.05) is 13.2 Å². The van der Waals surface area contributed by atoms with Gasteiger partial charge in [-0.1, -0.05) is 316 Å². The normalized spacial score (nSPS) is 12.9. The van der Waals surface area contributed by atoms with Crippen molar-refractivity contribution in [2.24, 2.45) is 0 Å². The minimum atomic E-state index is -0.784. The first kappa shape index (κ1) is 74.6. The number of carbonyl (C=O) groups is 2. The van der Waals surface area contributed by atoms with Gasteiger partial charge in [0.05, 0.1) is 6.61 Å². The number of unbranched alkanes of at least 4 members (excludes halogenated alkanes) is 35. The van der Waals surface area contributed by atoms with E-state index in [1.807, 2.05) is 0 Å². The minimum Gasteiger partial charge on any atom is -0.462 e. The highest BCUT2D eigenvalue weighted by Crippen LogP contribution is 2.17. The number of rotatable bonds is 61. The first-order valence-electron chi connectivity index (χ1n) is 33.4. The SMILES string of the molecule is CC/C=C\C/C=C\C/C=C\C/C=C\C/C=C\C/C=C\C/C=C\C/C=C\CCCCCCCCCCC(=O)OC(CO)COC(=O)CCCCCCCCCCCCCCCCCCCCC/C=C\CCCCCCCCCC. The summed E-state index contributed by atoms with van der Waals surface area (Å²) in [7, 11) is 0. The van der Waals surface area contributed by atoms with Gasteiger partial charge in [0.1, 0.15) is 6.61 Å². The van der Waals surface area contributed by atoms with Crippen LogP contribution < -0.4 is 0 Å². The van der Waals surface area contributed by atoms with Crippen LogP contribution in [0.5, 0.6) is 0 Å². The van der Waals surface area contributed by atoms with Crippen LogP contribution >= 0.6 is 0 Å². The second kappa shape index (κ2) is 67.8. The highest BCUT2D eigenvalue weighted by Gasteiger charge is 2.16. The van der Waals surface area contributed by atoms with Crippen LogP contribution in [0.4, 0.5) is 0 Å². The van der Waals surface area contributed by atoms with Gasteiger partial charge in [-0.2, -0.15) is 0 Å². The van der Waals surface area contributed by atoms with Gasteiger partial charge < -0.3 is 14.6 Å². The number of hydrogen-bond acceptors (Lipinski definition) is 5. The molecule has 0 radical (unpaired) electrons. The van der Waals surface area contributed by atoms with Crippen molar-refractivity contribution in [3.63, 3.8) is 0 Å². The minimum absolute atomic E-state index is 0.0717. The van der Waals surface area contributed by atoms with Crippen molar-refractivity contribution in [1.29, 1.82) is 0 Å². The molecule has 0 aromatic carbocycles. The van der Waals surface area contributed by atoms with E-state index in [-0.39, 0.29) is 25.2 Å². The predicted molar refractivity (Wildman–Crippen MR) is 343 cm³/mol. The number of ether oxygens (including phenoxy) is 2. The Balaban J connectivity index is 3.50. The topological polar surface area (TPSA) is 72.8 Å². The lowest BCUT2D eigenvalue weighted by molar-refractivity contribution is -0.161. The Morgan fingerprint density at radius 3 is 0.846 bits per heavy atom. The quantitative estimate of drug-likeness (QED) is 0.0373. The van der Waals surface area contributed by atoms with Crippen molar-refractivity contribution >= 4 is 11.9 Å². The largest absolute Gasteiger partial charge is 0.462 e. The molecular formula is C73H126O5. The second-order valence-corrected chi connectivity index (χ2v) is 22.2. The average Bonchev–Trinajstić information content (AvgIpc) is 3.44. The molecule has 0 saturated carbocycles. The van der Waals surface area contributed by atoms with E-state index in [4.69, 9.17) is 9.47 Å². The van der Waals surface area contributed by atoms with E-state index in [1.165, 1.54) is 199 Å². The fourth-order valence-electron chi connectivity index (χ4n) is 9.57. The third-order valence-electron chi connectivity index (χ3n) is 14.6. The van der Waals surface area contributed by atoms with E-state index in [2.05, 4.69) is 123 Å². The molecule has 78 heavy (non-hydrogen) atoms. The lowest BCUT2D eigenvalue weighted by atomic mass is 10.0. The van der Waals surface area contributed by atoms with E-state index in [0.717, 1.165) is 96.3 Å². The molecule has 0 aromatic rings. The van der Waals surface area contributed by atoms with Crippen molar-refractivity contribution in [2.45, 2.75) is 328 Å². The first-order chi connectivity index (χ1) is 38.6. The maximum atomic E-state index is 12.4. The zero-order chi connectivity index (χ0) is 56.2. The monoisotopic (exact) mass is 1080 g/mol. The standard InChI is InChI=1S/C73H126O5/c1-3-5-7-9-11-13-15-17-19-21-23-25-27-29-31-33-35-36-38-40-42-44-46-48-50-52-54-56-58-60-62-64-66-68-73(76)78-71(69-74)70-77-72(75)67-65-63-61-59-57-55-53-51-49-47-45-43-41-39-37-34-32-30-28-26-24-22-20-18-16-14-12-10-8-6-4-2/h5,7,11,13,17,19,22-25,29,31,35-36,40,42,46,48,71,74H,3-4,6,8-10,12,14-16,18,20-21,26-28,30,32-34,37-39,41,43-45,47,49-70H2,1-2H3/b7-5-,13-11-,19-17-,24-22-,25-23-,31-29-,36-35-,42-40-,48-46-. The maximum Gasteiger partial charge on any atom is 0.306 e. The van der Waals surface area contributed by atoms with Gasteiger partial charge >= 0.3 is 11.9 Å². The zero-order valence-electron chi connectivity index (χ0n) is 51.4. The molecule has 0 spiro atoms. The number of allylic oxidation sites excluding steroid dienone is 18. The van der Waals surface area contributed by atoms with Gasteiger partial charge in [0.2, 0.25) is 0 Å². The summed E-state index contributed by atoms with van der Waals surface area (Å²) in [6.45, 7) is 4.05. The van der Waals surface area contributed by atoms with Crippen molar-refractivity contribution in [1.82, 2.24) is 0 Å². The smallest absolute Gasteiger partial charge is 0.306 e. The summed E-state index contributed by atoms with van der Waals surface area (Å²) in [6, 6.07) is 0. The molecule has 0 bridgehead atoms. The number of aliphatic hydroxyl groups is 1. The van der Waals surface area contributed by atoms with Gasteiger partial charge in [0.15, 0.2) is 6.10 Å². The van der Waals surface area contributed by atoms with Crippen LogP contribution in [-0.2, 0) is 19.1 Å². The average molecular weight is 1080 g/mol. The van der Waals surface area contributed by atoms with Crippen LogP contribution in [0.15, 0.2) is 109 Å². The van der Waals surface area contributed by atoms with Crippen LogP contribution in [0, 0.1) is 0 Å². The molecule has 0 aliphatic rings. The molecule has 0 aliphatic heterocycles.